The molecule has 16 heavy (non-hydrogen) atoms. The van der Waals surface area contributed by atoms with Crippen LogP contribution >= 0.6 is 49.9 Å². The van der Waals surface area contributed by atoms with E-state index in [2.05, 4.69) is 62.1 Å². The second-order valence-electron chi connectivity index (χ2n) is 3.56. The average Bonchev–Trinajstić information content (AvgIpc) is 2.64. The summed E-state index contributed by atoms with van der Waals surface area (Å²) < 4.78 is 2.38. The zero-order valence-corrected chi connectivity index (χ0v) is 13.1. The highest BCUT2D eigenvalue weighted by Crippen LogP contribution is 2.26. The smallest absolute Gasteiger partial charge is 0.0354 e. The van der Waals surface area contributed by atoms with Gasteiger partial charge in [-0.15, -0.1) is 11.3 Å². The summed E-state index contributed by atoms with van der Waals surface area (Å²) in [6, 6.07) is 10.5. The molecule has 0 radical (unpaired) electrons. The van der Waals surface area contributed by atoms with Gasteiger partial charge >= 0.3 is 0 Å². The Kier molecular flexibility index (Phi) is 4.41. The summed E-state index contributed by atoms with van der Waals surface area (Å²) in [5, 5.41) is 2.10. The van der Waals surface area contributed by atoms with Crippen LogP contribution in [0, 0.1) is 3.57 Å². The number of hydrogen-bond acceptors (Lipinski definition) is 2. The molecular formula is C12H11BrINS. The van der Waals surface area contributed by atoms with Gasteiger partial charge in [0.25, 0.3) is 0 Å². The number of nitrogens with two attached hydrogens (primary N) is 1. The summed E-state index contributed by atoms with van der Waals surface area (Å²) in [6.07, 6.45) is 0.899. The minimum Gasteiger partial charge on any atom is -0.324 e. The van der Waals surface area contributed by atoms with Crippen molar-refractivity contribution in [3.63, 3.8) is 0 Å². The van der Waals surface area contributed by atoms with E-state index in [4.69, 9.17) is 5.73 Å². The van der Waals surface area contributed by atoms with Crippen LogP contribution in [0.2, 0.25) is 0 Å². The van der Waals surface area contributed by atoms with Crippen molar-refractivity contribution in [2.24, 2.45) is 5.73 Å². The van der Waals surface area contributed by atoms with Crippen LogP contribution in [0.15, 0.2) is 40.2 Å². The van der Waals surface area contributed by atoms with Crippen LogP contribution in [0.5, 0.6) is 0 Å². The van der Waals surface area contributed by atoms with Gasteiger partial charge in [-0.1, -0.05) is 18.2 Å². The van der Waals surface area contributed by atoms with Gasteiger partial charge in [0.05, 0.1) is 0 Å². The Morgan fingerprint density at radius 3 is 2.75 bits per heavy atom. The number of benzene rings is 1. The number of thiophene rings is 1. The molecule has 2 N–H and O–H groups in total. The van der Waals surface area contributed by atoms with Gasteiger partial charge < -0.3 is 5.73 Å². The third-order valence-corrected chi connectivity index (χ3v) is 5.05. The first kappa shape index (κ1) is 12.5. The fraction of sp³-hybridized carbons (Fsp3) is 0.167. The van der Waals surface area contributed by atoms with Crippen molar-refractivity contribution in [1.29, 1.82) is 0 Å². The van der Waals surface area contributed by atoms with Crippen LogP contribution in [0.1, 0.15) is 16.5 Å². The third-order valence-electron chi connectivity index (χ3n) is 2.35. The van der Waals surface area contributed by atoms with E-state index in [1.54, 1.807) is 11.3 Å². The molecule has 0 aliphatic carbocycles. The van der Waals surface area contributed by atoms with Crippen molar-refractivity contribution in [2.75, 3.05) is 0 Å². The minimum atomic E-state index is 0.0821. The SMILES string of the molecule is NC(Cc1cc(Br)cs1)c1ccccc1I. The van der Waals surface area contributed by atoms with Gasteiger partial charge in [-0.3, -0.25) is 0 Å². The summed E-state index contributed by atoms with van der Waals surface area (Å²) >= 11 is 7.55. The van der Waals surface area contributed by atoms with Gasteiger partial charge in [-0.25, -0.2) is 0 Å². The molecule has 0 aliphatic heterocycles. The normalized spacial score (nSPS) is 12.7. The third kappa shape index (κ3) is 3.06. The van der Waals surface area contributed by atoms with Crippen molar-refractivity contribution in [2.45, 2.75) is 12.5 Å². The lowest BCUT2D eigenvalue weighted by Crippen LogP contribution is -2.13. The number of halogens is 2. The molecule has 2 rings (SSSR count). The molecule has 84 valence electrons. The zero-order chi connectivity index (χ0) is 11.5. The molecule has 2 aromatic rings. The van der Waals surface area contributed by atoms with Crippen LogP contribution in [0.4, 0.5) is 0 Å². The maximum absolute atomic E-state index is 6.22. The average molecular weight is 408 g/mol. The van der Waals surface area contributed by atoms with Crippen molar-refractivity contribution in [3.05, 3.63) is 54.2 Å². The van der Waals surface area contributed by atoms with Gasteiger partial charge in [-0.2, -0.15) is 0 Å². The molecule has 0 saturated heterocycles. The van der Waals surface area contributed by atoms with Crippen molar-refractivity contribution in [1.82, 2.24) is 0 Å². The fourth-order valence-corrected chi connectivity index (χ4v) is 3.86. The molecular weight excluding hydrogens is 397 g/mol. The molecule has 0 saturated carbocycles. The van der Waals surface area contributed by atoms with E-state index in [1.165, 1.54) is 14.0 Å². The standard InChI is InChI=1S/C12H11BrINS/c13-8-5-9(16-7-8)6-12(15)10-3-1-2-4-11(10)14/h1-5,7,12H,6,15H2. The predicted octanol–water partition coefficient (Wildman–Crippen LogP) is 4.36. The first-order valence-electron chi connectivity index (χ1n) is 4.89. The van der Waals surface area contributed by atoms with E-state index in [9.17, 15) is 0 Å². The first-order chi connectivity index (χ1) is 7.66. The lowest BCUT2D eigenvalue weighted by Gasteiger charge is -2.12. The quantitative estimate of drug-likeness (QED) is 0.751. The maximum atomic E-state index is 6.22. The van der Waals surface area contributed by atoms with Crippen molar-refractivity contribution < 1.29 is 0 Å². The summed E-state index contributed by atoms with van der Waals surface area (Å²) in [5.74, 6) is 0. The van der Waals surface area contributed by atoms with Gasteiger partial charge in [-0.05, 0) is 56.2 Å². The summed E-state index contributed by atoms with van der Waals surface area (Å²) in [7, 11) is 0. The number of rotatable bonds is 3. The lowest BCUT2D eigenvalue weighted by atomic mass is 10.0. The fourth-order valence-electron chi connectivity index (χ4n) is 1.56. The molecule has 0 bridgehead atoms. The second-order valence-corrected chi connectivity index (χ2v) is 6.64. The highest BCUT2D eigenvalue weighted by molar-refractivity contribution is 14.1. The monoisotopic (exact) mass is 407 g/mol. The summed E-state index contributed by atoms with van der Waals surface area (Å²) in [6.45, 7) is 0. The Balaban J connectivity index is 2.14. The predicted molar refractivity (Wildman–Crippen MR) is 81.8 cm³/mol. The van der Waals surface area contributed by atoms with Gasteiger partial charge in [0.15, 0.2) is 0 Å². The molecule has 1 atom stereocenters. The largest absolute Gasteiger partial charge is 0.324 e. The Bertz CT molecular complexity index is 483. The van der Waals surface area contributed by atoms with Crippen molar-refractivity contribution >= 4 is 49.9 Å². The van der Waals surface area contributed by atoms with Crippen LogP contribution in [-0.2, 0) is 6.42 Å². The lowest BCUT2D eigenvalue weighted by molar-refractivity contribution is 0.726. The van der Waals surface area contributed by atoms with E-state index >= 15 is 0 Å². The van der Waals surface area contributed by atoms with E-state index in [0.717, 1.165) is 10.9 Å². The van der Waals surface area contributed by atoms with E-state index < -0.39 is 0 Å². The maximum Gasteiger partial charge on any atom is 0.0354 e. The van der Waals surface area contributed by atoms with E-state index in [-0.39, 0.29) is 6.04 Å². The van der Waals surface area contributed by atoms with Crippen LogP contribution in [0.3, 0.4) is 0 Å². The summed E-state index contributed by atoms with van der Waals surface area (Å²) in [5.41, 5.74) is 7.45. The molecule has 1 heterocycles. The first-order valence-corrected chi connectivity index (χ1v) is 7.65. The number of hydrogen-bond donors (Lipinski definition) is 1. The summed E-state index contributed by atoms with van der Waals surface area (Å²) in [4.78, 5) is 1.32. The highest BCUT2D eigenvalue weighted by Gasteiger charge is 2.11. The van der Waals surface area contributed by atoms with E-state index in [0.29, 0.717) is 0 Å². The van der Waals surface area contributed by atoms with E-state index in [1.807, 2.05) is 12.1 Å². The van der Waals surface area contributed by atoms with Crippen molar-refractivity contribution in [3.8, 4) is 0 Å². The van der Waals surface area contributed by atoms with Gasteiger partial charge in [0, 0.05) is 30.8 Å². The molecule has 1 nitrogen and oxygen atoms in total. The molecule has 1 aromatic carbocycles. The topological polar surface area (TPSA) is 26.0 Å². The minimum absolute atomic E-state index is 0.0821. The molecule has 1 unspecified atom stereocenters. The van der Waals surface area contributed by atoms with Crippen LogP contribution < -0.4 is 5.73 Å². The molecule has 4 heteroatoms. The molecule has 1 aromatic heterocycles. The molecule has 0 amide bonds. The molecule has 0 fully saturated rings. The zero-order valence-electron chi connectivity index (χ0n) is 8.49. The Morgan fingerprint density at radius 1 is 1.38 bits per heavy atom. The Morgan fingerprint density at radius 2 is 2.12 bits per heavy atom. The van der Waals surface area contributed by atoms with Gasteiger partial charge in [0.1, 0.15) is 0 Å². The highest BCUT2D eigenvalue weighted by atomic mass is 127. The molecule has 0 aliphatic rings. The second kappa shape index (κ2) is 5.62. The molecule has 0 spiro atoms. The van der Waals surface area contributed by atoms with Gasteiger partial charge in [0.2, 0.25) is 0 Å². The Hall–Kier alpha value is 0.0900. The van der Waals surface area contributed by atoms with Crippen LogP contribution in [-0.4, -0.2) is 0 Å². The Labute approximate surface area is 121 Å². The van der Waals surface area contributed by atoms with Crippen LogP contribution in [0.25, 0.3) is 0 Å².